The summed E-state index contributed by atoms with van der Waals surface area (Å²) < 4.78 is 33.4. The van der Waals surface area contributed by atoms with Crippen LogP contribution >= 0.6 is 0 Å². The summed E-state index contributed by atoms with van der Waals surface area (Å²) >= 11 is 0. The number of amides is 1. The van der Waals surface area contributed by atoms with E-state index in [0.717, 1.165) is 5.56 Å². The van der Waals surface area contributed by atoms with Crippen molar-refractivity contribution in [2.75, 3.05) is 31.0 Å². The Balaban J connectivity index is 1.79. The molecule has 27 heavy (non-hydrogen) atoms. The van der Waals surface area contributed by atoms with Crippen LogP contribution in [-0.2, 0) is 14.8 Å². The minimum absolute atomic E-state index is 0.111. The summed E-state index contributed by atoms with van der Waals surface area (Å²) in [6, 6.07) is 13.4. The quantitative estimate of drug-likeness (QED) is 0.854. The Morgan fingerprint density at radius 1 is 1.04 bits per heavy atom. The maximum Gasteiger partial charge on any atom is 0.261 e. The van der Waals surface area contributed by atoms with Crippen LogP contribution in [0.15, 0.2) is 53.4 Å². The van der Waals surface area contributed by atoms with Gasteiger partial charge in [0.1, 0.15) is 0 Å². The lowest BCUT2D eigenvalue weighted by atomic mass is 10.0. The molecule has 1 saturated heterocycles. The standard InChI is InChI=1S/C20H24N2O4S/c1-15(2)18-5-3-4-6-19(18)21-27(24,25)17-9-7-16(8-10-17)20(23)22-11-13-26-14-12-22/h3-10,15,21H,11-14H2,1-2H3. The molecule has 0 saturated carbocycles. The summed E-state index contributed by atoms with van der Waals surface area (Å²) in [4.78, 5) is 14.3. The molecule has 0 aromatic heterocycles. The maximum atomic E-state index is 12.7. The number of nitrogens with zero attached hydrogens (tertiary/aromatic N) is 1. The van der Waals surface area contributed by atoms with Gasteiger partial charge in [-0.25, -0.2) is 8.42 Å². The van der Waals surface area contributed by atoms with E-state index in [4.69, 9.17) is 4.74 Å². The number of hydrogen-bond donors (Lipinski definition) is 1. The summed E-state index contributed by atoms with van der Waals surface area (Å²) in [7, 11) is -3.73. The minimum Gasteiger partial charge on any atom is -0.378 e. The van der Waals surface area contributed by atoms with Crippen molar-refractivity contribution in [3.8, 4) is 0 Å². The third-order valence-electron chi connectivity index (χ3n) is 4.54. The van der Waals surface area contributed by atoms with E-state index in [1.54, 1.807) is 29.2 Å². The predicted octanol–water partition coefficient (Wildman–Crippen LogP) is 3.08. The number of hydrogen-bond acceptors (Lipinski definition) is 4. The number of sulfonamides is 1. The van der Waals surface area contributed by atoms with E-state index in [-0.39, 0.29) is 16.7 Å². The lowest BCUT2D eigenvalue weighted by molar-refractivity contribution is 0.0303. The molecule has 0 bridgehead atoms. The van der Waals surface area contributed by atoms with Crippen molar-refractivity contribution in [1.29, 1.82) is 0 Å². The number of rotatable bonds is 5. The summed E-state index contributed by atoms with van der Waals surface area (Å²) in [5.41, 5.74) is 1.97. The first-order chi connectivity index (χ1) is 12.9. The van der Waals surface area contributed by atoms with Gasteiger partial charge in [-0.05, 0) is 41.8 Å². The van der Waals surface area contributed by atoms with Crippen LogP contribution in [0.25, 0.3) is 0 Å². The SMILES string of the molecule is CC(C)c1ccccc1NS(=O)(=O)c1ccc(C(=O)N2CCOCC2)cc1. The van der Waals surface area contributed by atoms with E-state index in [1.165, 1.54) is 12.1 Å². The first-order valence-corrected chi connectivity index (χ1v) is 10.5. The molecular formula is C20H24N2O4S. The summed E-state index contributed by atoms with van der Waals surface area (Å²) in [5.74, 6) is 0.0813. The first kappa shape index (κ1) is 19.4. The number of ether oxygens (including phenoxy) is 1. The lowest BCUT2D eigenvalue weighted by Crippen LogP contribution is -2.40. The number of carbonyl (C=O) groups excluding carboxylic acids is 1. The van der Waals surface area contributed by atoms with E-state index in [9.17, 15) is 13.2 Å². The van der Waals surface area contributed by atoms with Gasteiger partial charge in [0.2, 0.25) is 0 Å². The molecule has 1 aliphatic heterocycles. The monoisotopic (exact) mass is 388 g/mol. The molecule has 6 nitrogen and oxygen atoms in total. The van der Waals surface area contributed by atoms with Crippen LogP contribution in [0.5, 0.6) is 0 Å². The van der Waals surface area contributed by atoms with Gasteiger partial charge in [-0.2, -0.15) is 0 Å². The van der Waals surface area contributed by atoms with E-state index in [1.807, 2.05) is 26.0 Å². The maximum absolute atomic E-state index is 12.7. The van der Waals surface area contributed by atoms with Crippen LogP contribution in [0.1, 0.15) is 35.7 Å². The molecule has 3 rings (SSSR count). The molecule has 0 unspecified atom stereocenters. The second-order valence-corrected chi connectivity index (χ2v) is 8.46. The molecule has 1 N–H and O–H groups in total. The lowest BCUT2D eigenvalue weighted by Gasteiger charge is -2.26. The number of para-hydroxylation sites is 1. The number of benzene rings is 2. The van der Waals surface area contributed by atoms with E-state index >= 15 is 0 Å². The highest BCUT2D eigenvalue weighted by molar-refractivity contribution is 7.92. The fourth-order valence-corrected chi connectivity index (χ4v) is 4.11. The largest absolute Gasteiger partial charge is 0.378 e. The van der Waals surface area contributed by atoms with E-state index < -0.39 is 10.0 Å². The number of morpholine rings is 1. The zero-order valence-electron chi connectivity index (χ0n) is 15.5. The second kappa shape index (κ2) is 8.10. The topological polar surface area (TPSA) is 75.7 Å². The van der Waals surface area contributed by atoms with Gasteiger partial charge in [0.15, 0.2) is 0 Å². The fourth-order valence-electron chi connectivity index (χ4n) is 3.02. The molecule has 0 spiro atoms. The second-order valence-electron chi connectivity index (χ2n) is 6.78. The molecule has 2 aromatic rings. The molecule has 2 aromatic carbocycles. The van der Waals surface area contributed by atoms with Crippen molar-refractivity contribution in [1.82, 2.24) is 4.90 Å². The molecule has 1 amide bonds. The van der Waals surface area contributed by atoms with Gasteiger partial charge in [-0.3, -0.25) is 9.52 Å². The summed E-state index contributed by atoms with van der Waals surface area (Å²) in [5, 5.41) is 0. The number of carbonyl (C=O) groups is 1. The van der Waals surface area contributed by atoms with Gasteiger partial charge in [-0.15, -0.1) is 0 Å². The van der Waals surface area contributed by atoms with Crippen molar-refractivity contribution in [3.05, 3.63) is 59.7 Å². The molecule has 0 atom stereocenters. The minimum atomic E-state index is -3.73. The fraction of sp³-hybridized carbons (Fsp3) is 0.350. The molecule has 1 aliphatic rings. The highest BCUT2D eigenvalue weighted by Crippen LogP contribution is 2.26. The average Bonchev–Trinajstić information content (AvgIpc) is 2.68. The van der Waals surface area contributed by atoms with Crippen molar-refractivity contribution in [2.45, 2.75) is 24.7 Å². The van der Waals surface area contributed by atoms with Gasteiger partial charge in [0, 0.05) is 18.7 Å². The Hall–Kier alpha value is -2.38. The molecule has 7 heteroatoms. The number of nitrogens with one attached hydrogen (secondary N) is 1. The Labute approximate surface area is 160 Å². The molecular weight excluding hydrogens is 364 g/mol. The highest BCUT2D eigenvalue weighted by atomic mass is 32.2. The van der Waals surface area contributed by atoms with Gasteiger partial charge in [-0.1, -0.05) is 32.0 Å². The summed E-state index contributed by atoms with van der Waals surface area (Å²) in [6.45, 7) is 6.17. The molecule has 0 aliphatic carbocycles. The first-order valence-electron chi connectivity index (χ1n) is 8.97. The Morgan fingerprint density at radius 2 is 1.67 bits per heavy atom. The molecule has 1 heterocycles. The van der Waals surface area contributed by atoms with Gasteiger partial charge < -0.3 is 9.64 Å². The summed E-state index contributed by atoms with van der Waals surface area (Å²) in [6.07, 6.45) is 0. The molecule has 1 fully saturated rings. The van der Waals surface area contributed by atoms with E-state index in [2.05, 4.69) is 4.72 Å². The van der Waals surface area contributed by atoms with Crippen LogP contribution in [0.3, 0.4) is 0 Å². The third-order valence-corrected chi connectivity index (χ3v) is 5.92. The smallest absolute Gasteiger partial charge is 0.261 e. The normalized spacial score (nSPS) is 15.0. The predicted molar refractivity (Wildman–Crippen MR) is 105 cm³/mol. The van der Waals surface area contributed by atoms with Gasteiger partial charge >= 0.3 is 0 Å². The van der Waals surface area contributed by atoms with Gasteiger partial charge in [0.05, 0.1) is 23.8 Å². The highest BCUT2D eigenvalue weighted by Gasteiger charge is 2.21. The average molecular weight is 388 g/mol. The number of anilines is 1. The zero-order chi connectivity index (χ0) is 19.4. The van der Waals surface area contributed by atoms with Crippen molar-refractivity contribution < 1.29 is 17.9 Å². The van der Waals surface area contributed by atoms with Crippen molar-refractivity contribution in [2.24, 2.45) is 0 Å². The third kappa shape index (κ3) is 4.48. The zero-order valence-corrected chi connectivity index (χ0v) is 16.3. The van der Waals surface area contributed by atoms with E-state index in [0.29, 0.717) is 37.6 Å². The molecule has 0 radical (unpaired) electrons. The van der Waals surface area contributed by atoms with Gasteiger partial charge in [0.25, 0.3) is 15.9 Å². The van der Waals surface area contributed by atoms with Crippen LogP contribution in [0.4, 0.5) is 5.69 Å². The molecule has 144 valence electrons. The van der Waals surface area contributed by atoms with Crippen molar-refractivity contribution >= 4 is 21.6 Å². The van der Waals surface area contributed by atoms with Crippen LogP contribution in [-0.4, -0.2) is 45.5 Å². The van der Waals surface area contributed by atoms with Crippen molar-refractivity contribution in [3.63, 3.8) is 0 Å². The van der Waals surface area contributed by atoms with Crippen LogP contribution < -0.4 is 4.72 Å². The Kier molecular flexibility index (Phi) is 5.82. The Morgan fingerprint density at radius 3 is 2.30 bits per heavy atom. The Bertz CT molecular complexity index is 902. The van der Waals surface area contributed by atoms with Crippen LogP contribution in [0, 0.1) is 0 Å². The van der Waals surface area contributed by atoms with Crippen LogP contribution in [0.2, 0.25) is 0 Å².